The van der Waals surface area contributed by atoms with Gasteiger partial charge in [0.2, 0.25) is 0 Å². The molecule has 0 aliphatic carbocycles. The van der Waals surface area contributed by atoms with Crippen LogP contribution in [-0.4, -0.2) is 16.7 Å². The Hall–Kier alpha value is -2.00. The van der Waals surface area contributed by atoms with Crippen LogP contribution in [-0.2, 0) is 12.9 Å². The Kier molecular flexibility index (Phi) is 3.36. The molecule has 0 saturated carbocycles. The summed E-state index contributed by atoms with van der Waals surface area (Å²) in [5.74, 6) is 2.29. The zero-order valence-corrected chi connectivity index (χ0v) is 12.2. The first kappa shape index (κ1) is 13.0. The zero-order valence-electron chi connectivity index (χ0n) is 11.4. The molecule has 0 saturated heterocycles. The summed E-state index contributed by atoms with van der Waals surface area (Å²) in [6.45, 7) is 0. The summed E-state index contributed by atoms with van der Waals surface area (Å²) in [6, 6.07) is 14.1. The largest absolute Gasteiger partial charge is 0.497 e. The van der Waals surface area contributed by atoms with Gasteiger partial charge in [0.05, 0.1) is 18.1 Å². The maximum Gasteiger partial charge on any atom is 0.140 e. The molecule has 20 heavy (non-hydrogen) atoms. The lowest BCUT2D eigenvalue weighted by atomic mass is 10.1. The quantitative estimate of drug-likeness (QED) is 0.681. The van der Waals surface area contributed by atoms with Crippen molar-refractivity contribution in [1.29, 1.82) is 0 Å². The molecule has 0 radical (unpaired) electrons. The summed E-state index contributed by atoms with van der Waals surface area (Å²) in [4.78, 5) is 4.70. The van der Waals surface area contributed by atoms with Crippen LogP contribution >= 0.6 is 11.6 Å². The van der Waals surface area contributed by atoms with Crippen molar-refractivity contribution in [1.82, 2.24) is 9.55 Å². The highest BCUT2D eigenvalue weighted by molar-refractivity contribution is 6.17. The van der Waals surface area contributed by atoms with Crippen molar-refractivity contribution >= 4 is 22.6 Å². The Labute approximate surface area is 122 Å². The molecule has 0 unspecified atom stereocenters. The van der Waals surface area contributed by atoms with E-state index >= 15 is 0 Å². The fraction of sp³-hybridized carbons (Fsp3) is 0.188. The Morgan fingerprint density at radius 1 is 1.15 bits per heavy atom. The van der Waals surface area contributed by atoms with Crippen molar-refractivity contribution in [2.45, 2.75) is 5.88 Å². The molecule has 0 atom stereocenters. The third-order valence-corrected chi connectivity index (χ3v) is 3.76. The molecule has 0 aliphatic heterocycles. The van der Waals surface area contributed by atoms with E-state index in [0.717, 1.165) is 33.7 Å². The SMILES string of the molecule is COc1ccc2c(c1)nc(-c1ccc(CCl)cc1)n2C. The number of aromatic nitrogens is 2. The fourth-order valence-electron chi connectivity index (χ4n) is 2.31. The van der Waals surface area contributed by atoms with Crippen molar-refractivity contribution in [3.05, 3.63) is 48.0 Å². The Morgan fingerprint density at radius 2 is 1.90 bits per heavy atom. The van der Waals surface area contributed by atoms with Gasteiger partial charge in [-0.2, -0.15) is 0 Å². The number of ether oxygens (including phenoxy) is 1. The van der Waals surface area contributed by atoms with Gasteiger partial charge in [-0.25, -0.2) is 4.98 Å². The number of halogens is 1. The lowest BCUT2D eigenvalue weighted by Gasteiger charge is -2.03. The molecule has 3 nitrogen and oxygen atoms in total. The smallest absolute Gasteiger partial charge is 0.140 e. The molecule has 4 heteroatoms. The van der Waals surface area contributed by atoms with E-state index in [-0.39, 0.29) is 0 Å². The Balaban J connectivity index is 2.12. The number of hydrogen-bond donors (Lipinski definition) is 0. The van der Waals surface area contributed by atoms with Crippen molar-refractivity contribution in [2.75, 3.05) is 7.11 Å². The van der Waals surface area contributed by atoms with Gasteiger partial charge in [0.1, 0.15) is 11.6 Å². The van der Waals surface area contributed by atoms with Gasteiger partial charge in [0.15, 0.2) is 0 Å². The third kappa shape index (κ3) is 2.14. The summed E-state index contributed by atoms with van der Waals surface area (Å²) >= 11 is 5.82. The van der Waals surface area contributed by atoms with Gasteiger partial charge < -0.3 is 9.30 Å². The minimum Gasteiger partial charge on any atom is -0.497 e. The van der Waals surface area contributed by atoms with E-state index in [9.17, 15) is 0 Å². The molecular weight excluding hydrogens is 272 g/mol. The van der Waals surface area contributed by atoms with Crippen molar-refractivity contribution in [3.63, 3.8) is 0 Å². The number of fused-ring (bicyclic) bond motifs is 1. The third-order valence-electron chi connectivity index (χ3n) is 3.45. The van der Waals surface area contributed by atoms with Crippen LogP contribution in [0.5, 0.6) is 5.75 Å². The molecule has 3 aromatic rings. The molecule has 0 spiro atoms. The van der Waals surface area contributed by atoms with Gasteiger partial charge >= 0.3 is 0 Å². The monoisotopic (exact) mass is 286 g/mol. The maximum atomic E-state index is 5.82. The summed E-state index contributed by atoms with van der Waals surface area (Å²) in [6.07, 6.45) is 0. The van der Waals surface area contributed by atoms with E-state index in [4.69, 9.17) is 21.3 Å². The van der Waals surface area contributed by atoms with Gasteiger partial charge in [0.25, 0.3) is 0 Å². The van der Waals surface area contributed by atoms with Gasteiger partial charge in [-0.1, -0.05) is 24.3 Å². The number of imidazole rings is 1. The lowest BCUT2D eigenvalue weighted by molar-refractivity contribution is 0.415. The summed E-state index contributed by atoms with van der Waals surface area (Å²) in [5, 5.41) is 0. The first-order valence-corrected chi connectivity index (χ1v) is 6.92. The fourth-order valence-corrected chi connectivity index (χ4v) is 2.49. The maximum absolute atomic E-state index is 5.82. The van der Waals surface area contributed by atoms with Gasteiger partial charge in [-0.05, 0) is 17.7 Å². The van der Waals surface area contributed by atoms with Crippen molar-refractivity contribution in [3.8, 4) is 17.1 Å². The van der Waals surface area contributed by atoms with E-state index in [1.165, 1.54) is 0 Å². The van der Waals surface area contributed by atoms with Gasteiger partial charge in [-0.3, -0.25) is 0 Å². The van der Waals surface area contributed by atoms with Crippen molar-refractivity contribution in [2.24, 2.45) is 7.05 Å². The number of aryl methyl sites for hydroxylation is 1. The number of methoxy groups -OCH3 is 1. The standard InChI is InChI=1S/C16H15ClN2O/c1-19-15-8-7-13(20-2)9-14(15)18-16(19)12-5-3-11(10-17)4-6-12/h3-9H,10H2,1-2H3. The highest BCUT2D eigenvalue weighted by atomic mass is 35.5. The normalized spacial score (nSPS) is 10.9. The number of hydrogen-bond acceptors (Lipinski definition) is 2. The predicted molar refractivity (Wildman–Crippen MR) is 82.3 cm³/mol. The van der Waals surface area contributed by atoms with Crippen LogP contribution in [0.4, 0.5) is 0 Å². The second-order valence-electron chi connectivity index (χ2n) is 4.68. The van der Waals surface area contributed by atoms with E-state index < -0.39 is 0 Å². The number of nitrogens with zero attached hydrogens (tertiary/aromatic N) is 2. The molecule has 1 aromatic heterocycles. The van der Waals surface area contributed by atoms with Crippen molar-refractivity contribution < 1.29 is 4.74 Å². The molecule has 0 N–H and O–H groups in total. The number of benzene rings is 2. The first-order valence-electron chi connectivity index (χ1n) is 6.38. The Bertz CT molecular complexity index is 747. The minimum atomic E-state index is 0.528. The van der Waals surface area contributed by atoms with Crippen LogP contribution in [0.1, 0.15) is 5.56 Å². The number of rotatable bonds is 3. The van der Waals surface area contributed by atoms with E-state index in [0.29, 0.717) is 5.88 Å². The van der Waals surface area contributed by atoms with Crippen LogP contribution in [0.2, 0.25) is 0 Å². The predicted octanol–water partition coefficient (Wildman–Crippen LogP) is 3.99. The molecule has 0 amide bonds. The lowest BCUT2D eigenvalue weighted by Crippen LogP contribution is -1.92. The van der Waals surface area contributed by atoms with E-state index in [1.807, 2.05) is 37.4 Å². The molecule has 3 rings (SSSR count). The van der Waals surface area contributed by atoms with Crippen LogP contribution in [0.25, 0.3) is 22.4 Å². The highest BCUT2D eigenvalue weighted by Gasteiger charge is 2.10. The van der Waals surface area contributed by atoms with Gasteiger partial charge in [-0.15, -0.1) is 11.6 Å². The van der Waals surface area contributed by atoms with Crippen LogP contribution in [0.3, 0.4) is 0 Å². The minimum absolute atomic E-state index is 0.528. The first-order chi connectivity index (χ1) is 9.72. The molecule has 1 heterocycles. The summed E-state index contributed by atoms with van der Waals surface area (Å²) < 4.78 is 7.33. The van der Waals surface area contributed by atoms with E-state index in [2.05, 4.69) is 16.7 Å². The summed E-state index contributed by atoms with van der Waals surface area (Å²) in [7, 11) is 3.68. The zero-order chi connectivity index (χ0) is 14.1. The number of alkyl halides is 1. The second kappa shape index (κ2) is 5.17. The average Bonchev–Trinajstić information content (AvgIpc) is 2.84. The van der Waals surface area contributed by atoms with Crippen LogP contribution < -0.4 is 4.74 Å². The molecule has 102 valence electrons. The molecular formula is C16H15ClN2O. The second-order valence-corrected chi connectivity index (χ2v) is 4.95. The summed E-state index contributed by atoms with van der Waals surface area (Å²) in [5.41, 5.74) is 4.21. The molecule has 0 aliphatic rings. The Morgan fingerprint density at radius 3 is 2.55 bits per heavy atom. The van der Waals surface area contributed by atoms with Crippen LogP contribution in [0.15, 0.2) is 42.5 Å². The van der Waals surface area contributed by atoms with Gasteiger partial charge in [0, 0.05) is 24.6 Å². The highest BCUT2D eigenvalue weighted by Crippen LogP contribution is 2.26. The van der Waals surface area contributed by atoms with E-state index in [1.54, 1.807) is 7.11 Å². The topological polar surface area (TPSA) is 27.1 Å². The average molecular weight is 287 g/mol. The van der Waals surface area contributed by atoms with Crippen LogP contribution in [0, 0.1) is 0 Å². The molecule has 0 bridgehead atoms. The molecule has 2 aromatic carbocycles. The molecule has 0 fully saturated rings.